The van der Waals surface area contributed by atoms with E-state index in [0.29, 0.717) is 6.04 Å². The van der Waals surface area contributed by atoms with Gasteiger partial charge in [0.1, 0.15) is 0 Å². The largest absolute Gasteiger partial charge is 0.345 e. The summed E-state index contributed by atoms with van der Waals surface area (Å²) in [6, 6.07) is 1.25. The topological polar surface area (TPSA) is 28.2 Å². The smallest absolute Gasteiger partial charge is 0.185 e. The minimum atomic E-state index is 0.521. The van der Waals surface area contributed by atoms with Gasteiger partial charge in [0.25, 0.3) is 0 Å². The second kappa shape index (κ2) is 6.53. The van der Waals surface area contributed by atoms with Gasteiger partial charge in [-0.05, 0) is 19.8 Å². The van der Waals surface area contributed by atoms with Crippen LogP contribution in [-0.4, -0.2) is 23.6 Å². The molecule has 0 amide bonds. The standard InChI is InChI=1S/C14H25N3S/c1-4-17(13-7-5-6-8-13)14-16-12(10-18-14)9-15-11(2)3/h10-11,13,15H,4-9H2,1-3H3. The molecule has 3 nitrogen and oxygen atoms in total. The molecule has 1 aliphatic carbocycles. The molecule has 0 spiro atoms. The number of anilines is 1. The van der Waals surface area contributed by atoms with Gasteiger partial charge in [0.2, 0.25) is 0 Å². The zero-order chi connectivity index (χ0) is 13.0. The maximum Gasteiger partial charge on any atom is 0.185 e. The summed E-state index contributed by atoms with van der Waals surface area (Å²) in [5, 5.41) is 6.84. The van der Waals surface area contributed by atoms with Crippen LogP contribution in [0.1, 0.15) is 52.1 Å². The van der Waals surface area contributed by atoms with Gasteiger partial charge in [-0.2, -0.15) is 0 Å². The molecule has 1 saturated carbocycles. The van der Waals surface area contributed by atoms with Crippen LogP contribution >= 0.6 is 11.3 Å². The molecule has 1 aromatic rings. The van der Waals surface area contributed by atoms with Crippen molar-refractivity contribution in [1.29, 1.82) is 0 Å². The van der Waals surface area contributed by atoms with Crippen LogP contribution in [0.3, 0.4) is 0 Å². The summed E-state index contributed by atoms with van der Waals surface area (Å²) < 4.78 is 0. The molecule has 0 radical (unpaired) electrons. The van der Waals surface area contributed by atoms with Crippen molar-refractivity contribution < 1.29 is 0 Å². The lowest BCUT2D eigenvalue weighted by Crippen LogP contribution is -2.32. The fourth-order valence-electron chi connectivity index (χ4n) is 2.58. The molecule has 0 bridgehead atoms. The summed E-state index contributed by atoms with van der Waals surface area (Å²) in [5.41, 5.74) is 1.18. The fourth-order valence-corrected chi connectivity index (χ4v) is 3.54. The normalized spacial score (nSPS) is 16.7. The number of nitrogens with one attached hydrogen (secondary N) is 1. The van der Waals surface area contributed by atoms with E-state index in [-0.39, 0.29) is 0 Å². The Morgan fingerprint density at radius 2 is 2.17 bits per heavy atom. The first-order valence-electron chi connectivity index (χ1n) is 7.15. The summed E-state index contributed by atoms with van der Waals surface area (Å²) in [6.45, 7) is 8.55. The van der Waals surface area contributed by atoms with E-state index in [1.54, 1.807) is 11.3 Å². The first kappa shape index (κ1) is 13.8. The molecule has 18 heavy (non-hydrogen) atoms. The van der Waals surface area contributed by atoms with E-state index < -0.39 is 0 Å². The van der Waals surface area contributed by atoms with Crippen LogP contribution in [0.2, 0.25) is 0 Å². The van der Waals surface area contributed by atoms with Crippen LogP contribution in [-0.2, 0) is 6.54 Å². The Morgan fingerprint density at radius 3 is 2.78 bits per heavy atom. The van der Waals surface area contributed by atoms with Crippen molar-refractivity contribution in [1.82, 2.24) is 10.3 Å². The Balaban J connectivity index is 1.98. The first-order valence-corrected chi connectivity index (χ1v) is 8.03. The minimum absolute atomic E-state index is 0.521. The molecule has 0 aliphatic heterocycles. The number of hydrogen-bond donors (Lipinski definition) is 1. The maximum atomic E-state index is 4.78. The van der Waals surface area contributed by atoms with Crippen LogP contribution in [0.5, 0.6) is 0 Å². The van der Waals surface area contributed by atoms with Gasteiger partial charge in [0.15, 0.2) is 5.13 Å². The van der Waals surface area contributed by atoms with E-state index in [4.69, 9.17) is 4.98 Å². The molecule has 1 fully saturated rings. The third kappa shape index (κ3) is 3.45. The van der Waals surface area contributed by atoms with Crippen molar-refractivity contribution in [2.75, 3.05) is 11.4 Å². The Labute approximate surface area is 115 Å². The lowest BCUT2D eigenvalue weighted by Gasteiger charge is -2.26. The van der Waals surface area contributed by atoms with Crippen molar-refractivity contribution in [2.24, 2.45) is 0 Å². The van der Waals surface area contributed by atoms with Gasteiger partial charge in [-0.25, -0.2) is 4.98 Å². The molecule has 1 N–H and O–H groups in total. The Morgan fingerprint density at radius 1 is 1.44 bits per heavy atom. The van der Waals surface area contributed by atoms with Gasteiger partial charge in [-0.3, -0.25) is 0 Å². The van der Waals surface area contributed by atoms with Crippen molar-refractivity contribution in [3.8, 4) is 0 Å². The summed E-state index contributed by atoms with van der Waals surface area (Å²) >= 11 is 1.80. The van der Waals surface area contributed by atoms with Crippen LogP contribution in [0.4, 0.5) is 5.13 Å². The van der Waals surface area contributed by atoms with Gasteiger partial charge in [0.05, 0.1) is 5.69 Å². The highest BCUT2D eigenvalue weighted by Gasteiger charge is 2.23. The number of rotatable bonds is 6. The molecule has 4 heteroatoms. The van der Waals surface area contributed by atoms with Crippen LogP contribution in [0.15, 0.2) is 5.38 Å². The minimum Gasteiger partial charge on any atom is -0.345 e. The van der Waals surface area contributed by atoms with E-state index in [2.05, 4.69) is 36.4 Å². The molecule has 0 atom stereocenters. The highest BCUT2D eigenvalue weighted by atomic mass is 32.1. The van der Waals surface area contributed by atoms with Gasteiger partial charge in [0, 0.05) is 30.6 Å². The first-order chi connectivity index (χ1) is 8.70. The van der Waals surface area contributed by atoms with Crippen molar-refractivity contribution in [3.05, 3.63) is 11.1 Å². The zero-order valence-electron chi connectivity index (χ0n) is 11.8. The Bertz CT molecular complexity index is 356. The van der Waals surface area contributed by atoms with Crippen LogP contribution in [0.25, 0.3) is 0 Å². The fraction of sp³-hybridized carbons (Fsp3) is 0.786. The van der Waals surface area contributed by atoms with E-state index in [0.717, 1.165) is 19.1 Å². The number of nitrogens with zero attached hydrogens (tertiary/aromatic N) is 2. The number of hydrogen-bond acceptors (Lipinski definition) is 4. The predicted octanol–water partition coefficient (Wildman–Crippen LogP) is 3.41. The molecule has 1 aliphatic rings. The summed E-state index contributed by atoms with van der Waals surface area (Å²) in [6.07, 6.45) is 5.45. The SMILES string of the molecule is CCN(c1nc(CNC(C)C)cs1)C1CCCC1. The quantitative estimate of drug-likeness (QED) is 0.856. The van der Waals surface area contributed by atoms with Gasteiger partial charge in [-0.15, -0.1) is 11.3 Å². The third-order valence-electron chi connectivity index (χ3n) is 3.58. The third-order valence-corrected chi connectivity index (χ3v) is 4.51. The Hall–Kier alpha value is -0.610. The van der Waals surface area contributed by atoms with Gasteiger partial charge in [-0.1, -0.05) is 26.7 Å². The monoisotopic (exact) mass is 267 g/mol. The zero-order valence-corrected chi connectivity index (χ0v) is 12.6. The summed E-state index contributed by atoms with van der Waals surface area (Å²) in [5.74, 6) is 0. The lowest BCUT2D eigenvalue weighted by atomic mass is 10.2. The van der Waals surface area contributed by atoms with Gasteiger partial charge < -0.3 is 10.2 Å². The van der Waals surface area contributed by atoms with Crippen molar-refractivity contribution in [2.45, 2.75) is 65.1 Å². The molecule has 2 rings (SSSR count). The number of aromatic nitrogens is 1. The van der Waals surface area contributed by atoms with Crippen molar-refractivity contribution in [3.63, 3.8) is 0 Å². The second-order valence-electron chi connectivity index (χ2n) is 5.38. The van der Waals surface area contributed by atoms with Crippen LogP contribution < -0.4 is 10.2 Å². The number of thiazole rings is 1. The van der Waals surface area contributed by atoms with E-state index in [1.165, 1.54) is 36.5 Å². The second-order valence-corrected chi connectivity index (χ2v) is 6.22. The highest BCUT2D eigenvalue weighted by Crippen LogP contribution is 2.30. The van der Waals surface area contributed by atoms with E-state index in [9.17, 15) is 0 Å². The molecule has 102 valence electrons. The summed E-state index contributed by atoms with van der Waals surface area (Å²) in [7, 11) is 0. The lowest BCUT2D eigenvalue weighted by molar-refractivity contribution is 0.580. The molecule has 0 unspecified atom stereocenters. The van der Waals surface area contributed by atoms with E-state index in [1.807, 2.05) is 0 Å². The van der Waals surface area contributed by atoms with Gasteiger partial charge >= 0.3 is 0 Å². The molecule has 0 aromatic carbocycles. The average molecular weight is 267 g/mol. The molecule has 0 saturated heterocycles. The highest BCUT2D eigenvalue weighted by molar-refractivity contribution is 7.13. The van der Waals surface area contributed by atoms with E-state index >= 15 is 0 Å². The molecular weight excluding hydrogens is 242 g/mol. The maximum absolute atomic E-state index is 4.78. The molecule has 1 aromatic heterocycles. The van der Waals surface area contributed by atoms with Crippen molar-refractivity contribution >= 4 is 16.5 Å². The van der Waals surface area contributed by atoms with Crippen LogP contribution in [0, 0.1) is 0 Å². The molecular formula is C14H25N3S. The predicted molar refractivity (Wildman–Crippen MR) is 79.4 cm³/mol. The Kier molecular flexibility index (Phi) is 5.01. The summed E-state index contributed by atoms with van der Waals surface area (Å²) in [4.78, 5) is 7.28. The average Bonchev–Trinajstić information content (AvgIpc) is 2.99. The molecule has 1 heterocycles.